The summed E-state index contributed by atoms with van der Waals surface area (Å²) in [4.78, 5) is 26.2. The van der Waals surface area contributed by atoms with Crippen LogP contribution in [0, 0.1) is 0 Å². The Balaban J connectivity index is 1.70. The zero-order valence-corrected chi connectivity index (χ0v) is 16.1. The third-order valence-corrected chi connectivity index (χ3v) is 5.26. The summed E-state index contributed by atoms with van der Waals surface area (Å²) < 4.78 is 0. The average Bonchev–Trinajstić information content (AvgIpc) is 3.20. The molecule has 27 heavy (non-hydrogen) atoms. The Morgan fingerprint density at radius 1 is 0.963 bits per heavy atom. The van der Waals surface area contributed by atoms with Crippen molar-refractivity contribution in [1.29, 1.82) is 0 Å². The largest absolute Gasteiger partial charge is 0.351 e. The van der Waals surface area contributed by atoms with E-state index < -0.39 is 6.04 Å². The van der Waals surface area contributed by atoms with Gasteiger partial charge in [0.2, 0.25) is 5.91 Å². The van der Waals surface area contributed by atoms with Gasteiger partial charge in [0, 0.05) is 4.88 Å². The van der Waals surface area contributed by atoms with E-state index in [1.54, 1.807) is 35.6 Å². The first-order chi connectivity index (χ1) is 13.1. The number of rotatable bonds is 7. The standard InChI is InChI=1S/C21H19ClN2O2S/c22-18-11-5-4-10-17(18)21(26)24-19(15-7-2-1-3-8-15)13-20(25)23-14-16-9-6-12-27-16/h1-12,19H,13-14H2,(H,23,25)(H,24,26). The number of carbonyl (C=O) groups is 2. The molecule has 3 rings (SSSR count). The summed E-state index contributed by atoms with van der Waals surface area (Å²) in [6.07, 6.45) is 0.144. The van der Waals surface area contributed by atoms with Gasteiger partial charge < -0.3 is 10.6 Å². The molecule has 1 atom stereocenters. The molecule has 2 N–H and O–H groups in total. The SMILES string of the molecule is O=C(CC(NC(=O)c1ccccc1Cl)c1ccccc1)NCc1cccs1. The first kappa shape index (κ1) is 19.1. The molecule has 0 saturated heterocycles. The second-order valence-corrected chi connectivity index (χ2v) is 7.42. The van der Waals surface area contributed by atoms with Gasteiger partial charge in [0.25, 0.3) is 5.91 Å². The quantitative estimate of drug-likeness (QED) is 0.612. The predicted molar refractivity (Wildman–Crippen MR) is 109 cm³/mol. The van der Waals surface area contributed by atoms with Crippen LogP contribution in [0.4, 0.5) is 0 Å². The van der Waals surface area contributed by atoms with Gasteiger partial charge in [0.15, 0.2) is 0 Å². The van der Waals surface area contributed by atoms with Gasteiger partial charge in [-0.25, -0.2) is 0 Å². The molecule has 0 aliphatic rings. The highest BCUT2D eigenvalue weighted by Crippen LogP contribution is 2.20. The number of amides is 2. The molecule has 3 aromatic rings. The summed E-state index contributed by atoms with van der Waals surface area (Å²) in [5, 5.41) is 8.19. The van der Waals surface area contributed by atoms with Gasteiger partial charge in [0.05, 0.1) is 29.6 Å². The molecule has 0 radical (unpaired) electrons. The van der Waals surface area contributed by atoms with E-state index >= 15 is 0 Å². The van der Waals surface area contributed by atoms with Crippen LogP contribution in [0.3, 0.4) is 0 Å². The fraction of sp³-hybridized carbons (Fsp3) is 0.143. The molecule has 6 heteroatoms. The zero-order valence-electron chi connectivity index (χ0n) is 14.5. The Morgan fingerprint density at radius 2 is 1.70 bits per heavy atom. The maximum Gasteiger partial charge on any atom is 0.253 e. The van der Waals surface area contributed by atoms with Gasteiger partial charge in [-0.2, -0.15) is 0 Å². The van der Waals surface area contributed by atoms with Gasteiger partial charge in [-0.1, -0.05) is 60.1 Å². The zero-order chi connectivity index (χ0) is 19.1. The number of carbonyl (C=O) groups excluding carboxylic acids is 2. The monoisotopic (exact) mass is 398 g/mol. The maximum absolute atomic E-state index is 12.6. The van der Waals surface area contributed by atoms with Crippen molar-refractivity contribution in [3.05, 3.63) is 93.1 Å². The lowest BCUT2D eigenvalue weighted by Crippen LogP contribution is -2.33. The minimum Gasteiger partial charge on any atom is -0.351 e. The lowest BCUT2D eigenvalue weighted by molar-refractivity contribution is -0.121. The molecular weight excluding hydrogens is 380 g/mol. The Hall–Kier alpha value is -2.63. The van der Waals surface area contributed by atoms with Crippen molar-refractivity contribution in [2.75, 3.05) is 0 Å². The third-order valence-electron chi connectivity index (χ3n) is 4.06. The van der Waals surface area contributed by atoms with Crippen molar-refractivity contribution in [2.45, 2.75) is 19.0 Å². The van der Waals surface area contributed by atoms with E-state index in [9.17, 15) is 9.59 Å². The number of hydrogen-bond donors (Lipinski definition) is 2. The molecule has 0 aliphatic heterocycles. The molecule has 0 aliphatic carbocycles. The number of hydrogen-bond acceptors (Lipinski definition) is 3. The third kappa shape index (κ3) is 5.42. The number of halogens is 1. The molecule has 1 aromatic heterocycles. The van der Waals surface area contributed by atoms with Crippen molar-refractivity contribution in [2.24, 2.45) is 0 Å². The summed E-state index contributed by atoms with van der Waals surface area (Å²) >= 11 is 7.71. The first-order valence-electron chi connectivity index (χ1n) is 8.53. The van der Waals surface area contributed by atoms with Crippen molar-refractivity contribution in [1.82, 2.24) is 10.6 Å². The van der Waals surface area contributed by atoms with Gasteiger partial charge in [-0.05, 0) is 29.1 Å². The van der Waals surface area contributed by atoms with E-state index in [1.807, 2.05) is 47.8 Å². The van der Waals surface area contributed by atoms with Crippen LogP contribution in [0.15, 0.2) is 72.1 Å². The Bertz CT molecular complexity index is 898. The Morgan fingerprint density at radius 3 is 2.41 bits per heavy atom. The molecule has 0 saturated carbocycles. The highest BCUT2D eigenvalue weighted by atomic mass is 35.5. The highest BCUT2D eigenvalue weighted by molar-refractivity contribution is 7.09. The number of benzene rings is 2. The molecule has 138 valence electrons. The molecular formula is C21H19ClN2O2S. The van der Waals surface area contributed by atoms with Crippen LogP contribution in [0.25, 0.3) is 0 Å². The molecule has 2 amide bonds. The van der Waals surface area contributed by atoms with E-state index in [4.69, 9.17) is 11.6 Å². The summed E-state index contributed by atoms with van der Waals surface area (Å²) in [5.41, 5.74) is 1.25. The van der Waals surface area contributed by atoms with Gasteiger partial charge in [-0.3, -0.25) is 9.59 Å². The minimum absolute atomic E-state index is 0.128. The molecule has 4 nitrogen and oxygen atoms in total. The Kier molecular flexibility index (Phi) is 6.63. The second kappa shape index (κ2) is 9.35. The van der Waals surface area contributed by atoms with Crippen LogP contribution in [-0.4, -0.2) is 11.8 Å². The summed E-state index contributed by atoms with van der Waals surface area (Å²) in [6, 6.07) is 19.8. The maximum atomic E-state index is 12.6. The molecule has 0 bridgehead atoms. The molecule has 0 fully saturated rings. The molecule has 1 heterocycles. The van der Waals surface area contributed by atoms with E-state index in [1.165, 1.54) is 0 Å². The fourth-order valence-electron chi connectivity index (χ4n) is 2.68. The van der Waals surface area contributed by atoms with E-state index in [-0.39, 0.29) is 18.2 Å². The normalized spacial score (nSPS) is 11.6. The van der Waals surface area contributed by atoms with Crippen LogP contribution in [-0.2, 0) is 11.3 Å². The van der Waals surface area contributed by atoms with Crippen LogP contribution < -0.4 is 10.6 Å². The van der Waals surface area contributed by atoms with Crippen molar-refractivity contribution in [3.63, 3.8) is 0 Å². The predicted octanol–water partition coefficient (Wildman–Crippen LogP) is 4.58. The summed E-state index contributed by atoms with van der Waals surface area (Å²) in [5.74, 6) is -0.433. The summed E-state index contributed by atoms with van der Waals surface area (Å²) in [6.45, 7) is 0.483. The van der Waals surface area contributed by atoms with Gasteiger partial charge in [0.1, 0.15) is 0 Å². The summed E-state index contributed by atoms with van der Waals surface area (Å²) in [7, 11) is 0. The second-order valence-electron chi connectivity index (χ2n) is 5.98. The van der Waals surface area contributed by atoms with E-state index in [0.717, 1.165) is 10.4 Å². The van der Waals surface area contributed by atoms with Crippen LogP contribution in [0.2, 0.25) is 5.02 Å². The lowest BCUT2D eigenvalue weighted by atomic mass is 10.0. The Labute approximate surface area is 167 Å². The fourth-order valence-corrected chi connectivity index (χ4v) is 3.54. The van der Waals surface area contributed by atoms with E-state index in [0.29, 0.717) is 17.1 Å². The molecule has 0 spiro atoms. The van der Waals surface area contributed by atoms with Gasteiger partial charge in [-0.15, -0.1) is 11.3 Å². The highest BCUT2D eigenvalue weighted by Gasteiger charge is 2.20. The minimum atomic E-state index is -0.446. The lowest BCUT2D eigenvalue weighted by Gasteiger charge is -2.19. The van der Waals surface area contributed by atoms with Crippen LogP contribution in [0.5, 0.6) is 0 Å². The molecule has 1 unspecified atom stereocenters. The van der Waals surface area contributed by atoms with Crippen LogP contribution in [0.1, 0.15) is 33.3 Å². The van der Waals surface area contributed by atoms with Gasteiger partial charge >= 0.3 is 0 Å². The van der Waals surface area contributed by atoms with E-state index in [2.05, 4.69) is 10.6 Å². The number of nitrogens with one attached hydrogen (secondary N) is 2. The topological polar surface area (TPSA) is 58.2 Å². The van der Waals surface area contributed by atoms with Crippen molar-refractivity contribution >= 4 is 34.8 Å². The van der Waals surface area contributed by atoms with Crippen molar-refractivity contribution in [3.8, 4) is 0 Å². The molecule has 2 aromatic carbocycles. The average molecular weight is 399 g/mol. The van der Waals surface area contributed by atoms with Crippen LogP contribution >= 0.6 is 22.9 Å². The number of thiophene rings is 1. The van der Waals surface area contributed by atoms with Crippen molar-refractivity contribution < 1.29 is 9.59 Å². The smallest absolute Gasteiger partial charge is 0.253 e. The first-order valence-corrected chi connectivity index (χ1v) is 9.78.